The second-order valence-corrected chi connectivity index (χ2v) is 3.54. The van der Waals surface area contributed by atoms with Crippen LogP contribution in [0.1, 0.15) is 16.2 Å². The first-order chi connectivity index (χ1) is 7.95. The fraction of sp³-hybridized carbons (Fsp3) is 0.500. The topological polar surface area (TPSA) is 93.4 Å². The lowest BCUT2D eigenvalue weighted by Crippen LogP contribution is -2.37. The van der Waals surface area contributed by atoms with Crippen molar-refractivity contribution in [3.8, 4) is 0 Å². The molecule has 17 heavy (non-hydrogen) atoms. The molecule has 0 spiro atoms. The molecular weight excluding hydrogens is 226 g/mol. The molecule has 7 nitrogen and oxygen atoms in total. The van der Waals surface area contributed by atoms with Crippen molar-refractivity contribution in [1.29, 1.82) is 0 Å². The van der Waals surface area contributed by atoms with Gasteiger partial charge in [0.2, 0.25) is 0 Å². The van der Waals surface area contributed by atoms with Crippen molar-refractivity contribution in [3.63, 3.8) is 0 Å². The van der Waals surface area contributed by atoms with Gasteiger partial charge in [-0.25, -0.2) is 4.79 Å². The molecule has 0 radical (unpaired) electrons. The van der Waals surface area contributed by atoms with Gasteiger partial charge in [0.15, 0.2) is 6.10 Å². The Balaban J connectivity index is 2.56. The first-order valence-electron chi connectivity index (χ1n) is 5.00. The number of hydrogen-bond acceptors (Lipinski definition) is 5. The van der Waals surface area contributed by atoms with Gasteiger partial charge in [-0.05, 0) is 13.0 Å². The van der Waals surface area contributed by atoms with Crippen LogP contribution < -0.4 is 5.32 Å². The zero-order valence-corrected chi connectivity index (χ0v) is 9.93. The highest BCUT2D eigenvalue weighted by Gasteiger charge is 2.18. The Kier molecular flexibility index (Phi) is 4.22. The molecule has 0 bridgehead atoms. The summed E-state index contributed by atoms with van der Waals surface area (Å²) in [4.78, 5) is 22.5. The minimum Gasteiger partial charge on any atom is -0.467 e. The van der Waals surface area contributed by atoms with Crippen LogP contribution >= 0.6 is 0 Å². The highest BCUT2D eigenvalue weighted by molar-refractivity contribution is 5.93. The van der Waals surface area contributed by atoms with E-state index >= 15 is 0 Å². The summed E-state index contributed by atoms with van der Waals surface area (Å²) in [5.41, 5.74) is 1.07. The van der Waals surface area contributed by atoms with Crippen molar-refractivity contribution in [2.75, 3.05) is 13.7 Å². The molecular formula is C10H15N3O4. The van der Waals surface area contributed by atoms with Crippen molar-refractivity contribution >= 4 is 11.9 Å². The van der Waals surface area contributed by atoms with Crippen LogP contribution in [-0.2, 0) is 16.6 Å². The number of carbonyl (C=O) groups excluding carboxylic acids is 2. The third-order valence-corrected chi connectivity index (χ3v) is 2.16. The SMILES string of the molecule is COC(=O)C(O)CNC(=O)c1cc(C)nn1C. The van der Waals surface area contributed by atoms with Gasteiger partial charge in [0.25, 0.3) is 5.91 Å². The Morgan fingerprint density at radius 2 is 2.29 bits per heavy atom. The van der Waals surface area contributed by atoms with Gasteiger partial charge < -0.3 is 15.2 Å². The molecule has 0 aliphatic carbocycles. The average molecular weight is 241 g/mol. The van der Waals surface area contributed by atoms with E-state index in [1.54, 1.807) is 20.0 Å². The Labute approximate surface area is 98.4 Å². The number of aromatic nitrogens is 2. The number of rotatable bonds is 4. The first-order valence-corrected chi connectivity index (χ1v) is 5.00. The number of aliphatic hydroxyl groups is 1. The summed E-state index contributed by atoms with van der Waals surface area (Å²) >= 11 is 0. The zero-order chi connectivity index (χ0) is 13.0. The van der Waals surface area contributed by atoms with E-state index in [-0.39, 0.29) is 6.54 Å². The van der Waals surface area contributed by atoms with Gasteiger partial charge in [0.1, 0.15) is 5.69 Å². The van der Waals surface area contributed by atoms with Crippen LogP contribution in [0.5, 0.6) is 0 Å². The maximum absolute atomic E-state index is 11.7. The van der Waals surface area contributed by atoms with Crippen LogP contribution in [0, 0.1) is 6.92 Å². The average Bonchev–Trinajstić information content (AvgIpc) is 2.63. The fourth-order valence-electron chi connectivity index (χ4n) is 1.32. The third kappa shape index (κ3) is 3.28. The van der Waals surface area contributed by atoms with E-state index in [2.05, 4.69) is 15.2 Å². The van der Waals surface area contributed by atoms with Crippen molar-refractivity contribution in [2.24, 2.45) is 7.05 Å². The molecule has 1 rings (SSSR count). The standard InChI is InChI=1S/C10H15N3O4/c1-6-4-7(13(2)12-6)9(15)11-5-8(14)10(16)17-3/h4,8,14H,5H2,1-3H3,(H,11,15). The molecule has 1 heterocycles. The van der Waals surface area contributed by atoms with Gasteiger partial charge in [-0.15, -0.1) is 0 Å². The smallest absolute Gasteiger partial charge is 0.336 e. The number of aryl methyl sites for hydroxylation is 2. The Hall–Kier alpha value is -1.89. The van der Waals surface area contributed by atoms with Crippen LogP contribution in [0.25, 0.3) is 0 Å². The predicted molar refractivity (Wildman–Crippen MR) is 58.3 cm³/mol. The Bertz CT molecular complexity index is 427. The minimum absolute atomic E-state index is 0.199. The van der Waals surface area contributed by atoms with Gasteiger partial charge in [-0.2, -0.15) is 5.10 Å². The molecule has 7 heteroatoms. The lowest BCUT2D eigenvalue weighted by atomic mass is 10.3. The summed E-state index contributed by atoms with van der Waals surface area (Å²) in [5.74, 6) is -1.19. The van der Waals surface area contributed by atoms with Gasteiger partial charge in [-0.1, -0.05) is 0 Å². The summed E-state index contributed by atoms with van der Waals surface area (Å²) < 4.78 is 5.75. The molecule has 1 unspecified atom stereocenters. The normalized spacial score (nSPS) is 12.0. The summed E-state index contributed by atoms with van der Waals surface area (Å²) in [5, 5.41) is 15.7. The van der Waals surface area contributed by atoms with Crippen molar-refractivity contribution < 1.29 is 19.4 Å². The molecule has 1 aromatic rings. The summed E-state index contributed by atoms with van der Waals surface area (Å²) in [6, 6.07) is 1.61. The highest BCUT2D eigenvalue weighted by atomic mass is 16.5. The molecule has 0 aliphatic rings. The number of hydrogen-bond donors (Lipinski definition) is 2. The number of carbonyl (C=O) groups is 2. The maximum Gasteiger partial charge on any atom is 0.336 e. The summed E-state index contributed by atoms with van der Waals surface area (Å²) in [6.07, 6.45) is -1.36. The number of ether oxygens (including phenoxy) is 1. The molecule has 0 fully saturated rings. The molecule has 1 aromatic heterocycles. The van der Waals surface area contributed by atoms with E-state index < -0.39 is 18.0 Å². The lowest BCUT2D eigenvalue weighted by Gasteiger charge is -2.09. The second kappa shape index (κ2) is 5.44. The number of nitrogens with zero attached hydrogens (tertiary/aromatic N) is 2. The first kappa shape index (κ1) is 13.2. The number of methoxy groups -OCH3 is 1. The van der Waals surface area contributed by atoms with Crippen LogP contribution in [0.2, 0.25) is 0 Å². The number of aliphatic hydroxyl groups excluding tert-OH is 1. The van der Waals surface area contributed by atoms with Gasteiger partial charge in [0, 0.05) is 7.05 Å². The van der Waals surface area contributed by atoms with E-state index in [0.29, 0.717) is 11.4 Å². The lowest BCUT2D eigenvalue weighted by molar-refractivity contribution is -0.149. The van der Waals surface area contributed by atoms with Gasteiger partial charge >= 0.3 is 5.97 Å². The van der Waals surface area contributed by atoms with E-state index in [9.17, 15) is 14.7 Å². The van der Waals surface area contributed by atoms with Crippen LogP contribution in [0.15, 0.2) is 6.07 Å². The zero-order valence-electron chi connectivity index (χ0n) is 9.93. The molecule has 94 valence electrons. The second-order valence-electron chi connectivity index (χ2n) is 3.54. The predicted octanol–water partition coefficient (Wildman–Crippen LogP) is -1.01. The van der Waals surface area contributed by atoms with Crippen molar-refractivity contribution in [3.05, 3.63) is 17.5 Å². The minimum atomic E-state index is -1.36. The molecule has 1 atom stereocenters. The molecule has 2 N–H and O–H groups in total. The summed E-state index contributed by atoms with van der Waals surface area (Å²) in [6.45, 7) is 1.57. The van der Waals surface area contributed by atoms with Crippen molar-refractivity contribution in [2.45, 2.75) is 13.0 Å². The van der Waals surface area contributed by atoms with Crippen molar-refractivity contribution in [1.82, 2.24) is 15.1 Å². The quantitative estimate of drug-likeness (QED) is 0.659. The van der Waals surface area contributed by atoms with Crippen LogP contribution in [0.3, 0.4) is 0 Å². The molecule has 1 amide bonds. The molecule has 0 aliphatic heterocycles. The van der Waals surface area contributed by atoms with E-state index in [1.807, 2.05) is 0 Å². The van der Waals surface area contributed by atoms with Crippen LogP contribution in [-0.4, -0.2) is 46.5 Å². The number of esters is 1. The Morgan fingerprint density at radius 1 is 1.65 bits per heavy atom. The third-order valence-electron chi connectivity index (χ3n) is 2.16. The number of nitrogens with one attached hydrogen (secondary N) is 1. The highest BCUT2D eigenvalue weighted by Crippen LogP contribution is 2.01. The maximum atomic E-state index is 11.7. The Morgan fingerprint density at radius 3 is 2.76 bits per heavy atom. The number of amides is 1. The summed E-state index contributed by atoms with van der Waals surface area (Å²) in [7, 11) is 2.80. The van der Waals surface area contributed by atoms with Gasteiger partial charge in [-0.3, -0.25) is 9.48 Å². The monoisotopic (exact) mass is 241 g/mol. The van der Waals surface area contributed by atoms with E-state index in [0.717, 1.165) is 7.11 Å². The van der Waals surface area contributed by atoms with E-state index in [4.69, 9.17) is 0 Å². The molecule has 0 saturated heterocycles. The van der Waals surface area contributed by atoms with Gasteiger partial charge in [0.05, 0.1) is 19.3 Å². The largest absolute Gasteiger partial charge is 0.467 e. The van der Waals surface area contributed by atoms with Crippen LogP contribution in [0.4, 0.5) is 0 Å². The van der Waals surface area contributed by atoms with E-state index in [1.165, 1.54) is 4.68 Å². The molecule has 0 aromatic carbocycles. The molecule has 0 saturated carbocycles. The fourth-order valence-corrected chi connectivity index (χ4v) is 1.32.